The molecule has 0 bridgehead atoms. The number of rotatable bonds is 3. The number of hydrogen-bond donors (Lipinski definition) is 1. The first-order chi connectivity index (χ1) is 8.90. The lowest BCUT2D eigenvalue weighted by atomic mass is 9.88. The van der Waals surface area contributed by atoms with Crippen molar-refractivity contribution in [3.05, 3.63) is 41.7 Å². The van der Waals surface area contributed by atoms with E-state index in [4.69, 9.17) is 0 Å². The number of aryl methyl sites for hydroxylation is 1. The standard InChI is InChI=1S/C14H18N4/c1-2-9-18-14(10-16-17-18)12-7-8-15-13-6-4-3-5-11(12)13/h3-6,10,12,15H,2,7-9H2,1H3. The summed E-state index contributed by atoms with van der Waals surface area (Å²) in [7, 11) is 0. The van der Waals surface area contributed by atoms with Gasteiger partial charge in [-0.05, 0) is 24.5 Å². The van der Waals surface area contributed by atoms with Crippen LogP contribution < -0.4 is 5.32 Å². The van der Waals surface area contributed by atoms with Crippen molar-refractivity contribution in [3.8, 4) is 0 Å². The number of fused-ring (bicyclic) bond motifs is 1. The summed E-state index contributed by atoms with van der Waals surface area (Å²) in [5.74, 6) is 0.420. The molecule has 2 aromatic rings. The third kappa shape index (κ3) is 1.88. The summed E-state index contributed by atoms with van der Waals surface area (Å²) < 4.78 is 2.05. The molecule has 18 heavy (non-hydrogen) atoms. The molecule has 0 amide bonds. The topological polar surface area (TPSA) is 42.7 Å². The van der Waals surface area contributed by atoms with E-state index in [0.717, 1.165) is 25.9 Å². The lowest BCUT2D eigenvalue weighted by Gasteiger charge is -2.26. The molecule has 0 spiro atoms. The van der Waals surface area contributed by atoms with E-state index in [1.54, 1.807) is 0 Å². The number of benzene rings is 1. The normalized spacial score (nSPS) is 18.2. The smallest absolute Gasteiger partial charge is 0.0731 e. The molecule has 0 fully saturated rings. The molecule has 1 aliphatic heterocycles. The SMILES string of the molecule is CCCn1nncc1C1CCNc2ccccc21. The predicted molar refractivity (Wildman–Crippen MR) is 71.7 cm³/mol. The average Bonchev–Trinajstić information content (AvgIpc) is 2.87. The van der Waals surface area contributed by atoms with E-state index in [0.29, 0.717) is 5.92 Å². The van der Waals surface area contributed by atoms with Gasteiger partial charge in [-0.2, -0.15) is 0 Å². The number of aromatic nitrogens is 3. The van der Waals surface area contributed by atoms with Crippen LogP contribution in [-0.4, -0.2) is 21.5 Å². The number of anilines is 1. The molecule has 4 nitrogen and oxygen atoms in total. The Kier molecular flexibility index (Phi) is 3.00. The Morgan fingerprint density at radius 2 is 2.28 bits per heavy atom. The van der Waals surface area contributed by atoms with Crippen LogP contribution in [-0.2, 0) is 6.54 Å². The molecule has 1 unspecified atom stereocenters. The molecule has 0 radical (unpaired) electrons. The summed E-state index contributed by atoms with van der Waals surface area (Å²) in [5.41, 5.74) is 3.85. The monoisotopic (exact) mass is 242 g/mol. The Labute approximate surface area is 107 Å². The summed E-state index contributed by atoms with van der Waals surface area (Å²) >= 11 is 0. The van der Waals surface area contributed by atoms with Crippen molar-refractivity contribution in [1.82, 2.24) is 15.0 Å². The first-order valence-electron chi connectivity index (χ1n) is 6.61. The van der Waals surface area contributed by atoms with Crippen molar-refractivity contribution in [2.75, 3.05) is 11.9 Å². The van der Waals surface area contributed by atoms with Crippen LogP contribution in [0.5, 0.6) is 0 Å². The van der Waals surface area contributed by atoms with E-state index < -0.39 is 0 Å². The first kappa shape index (κ1) is 11.3. The molecule has 2 heterocycles. The van der Waals surface area contributed by atoms with Gasteiger partial charge in [0.25, 0.3) is 0 Å². The van der Waals surface area contributed by atoms with Crippen molar-refractivity contribution >= 4 is 5.69 Å². The van der Waals surface area contributed by atoms with E-state index in [2.05, 4.69) is 46.8 Å². The molecule has 1 N–H and O–H groups in total. The Balaban J connectivity index is 2.00. The van der Waals surface area contributed by atoms with Crippen LogP contribution in [0.1, 0.15) is 36.9 Å². The second kappa shape index (κ2) is 4.80. The van der Waals surface area contributed by atoms with Crippen LogP contribution >= 0.6 is 0 Å². The fourth-order valence-corrected chi connectivity index (χ4v) is 2.70. The number of para-hydroxylation sites is 1. The molecule has 94 valence electrons. The van der Waals surface area contributed by atoms with Gasteiger partial charge in [0.15, 0.2) is 0 Å². The summed E-state index contributed by atoms with van der Waals surface area (Å²) in [6, 6.07) is 8.54. The van der Waals surface area contributed by atoms with Crippen molar-refractivity contribution in [3.63, 3.8) is 0 Å². The molecule has 0 saturated heterocycles. The van der Waals surface area contributed by atoms with Gasteiger partial charge in [0.1, 0.15) is 0 Å². The fourth-order valence-electron chi connectivity index (χ4n) is 2.70. The average molecular weight is 242 g/mol. The van der Waals surface area contributed by atoms with Gasteiger partial charge in [-0.1, -0.05) is 30.3 Å². The van der Waals surface area contributed by atoms with Gasteiger partial charge in [-0.3, -0.25) is 0 Å². The molecule has 3 rings (SSSR count). The van der Waals surface area contributed by atoms with Crippen LogP contribution in [0.3, 0.4) is 0 Å². The molecule has 0 saturated carbocycles. The molecule has 4 heteroatoms. The quantitative estimate of drug-likeness (QED) is 0.899. The highest BCUT2D eigenvalue weighted by Gasteiger charge is 2.24. The van der Waals surface area contributed by atoms with Crippen molar-refractivity contribution in [2.45, 2.75) is 32.2 Å². The van der Waals surface area contributed by atoms with E-state index >= 15 is 0 Å². The maximum absolute atomic E-state index is 4.20. The van der Waals surface area contributed by atoms with Crippen LogP contribution in [0.25, 0.3) is 0 Å². The second-order valence-corrected chi connectivity index (χ2v) is 4.74. The zero-order valence-electron chi connectivity index (χ0n) is 10.6. The van der Waals surface area contributed by atoms with Gasteiger partial charge in [-0.25, -0.2) is 4.68 Å². The summed E-state index contributed by atoms with van der Waals surface area (Å²) in [6.45, 7) is 4.13. The van der Waals surface area contributed by atoms with Gasteiger partial charge in [0, 0.05) is 24.7 Å². The molecule has 1 aromatic carbocycles. The van der Waals surface area contributed by atoms with Crippen molar-refractivity contribution < 1.29 is 0 Å². The van der Waals surface area contributed by atoms with Crippen molar-refractivity contribution in [1.29, 1.82) is 0 Å². The first-order valence-corrected chi connectivity index (χ1v) is 6.61. The van der Waals surface area contributed by atoms with Crippen LogP contribution in [0.4, 0.5) is 5.69 Å². The second-order valence-electron chi connectivity index (χ2n) is 4.74. The molecular formula is C14H18N4. The lowest BCUT2D eigenvalue weighted by Crippen LogP contribution is -2.20. The molecule has 0 aliphatic carbocycles. The Bertz CT molecular complexity index is 532. The highest BCUT2D eigenvalue weighted by Crippen LogP contribution is 2.35. The molecule has 1 aromatic heterocycles. The van der Waals surface area contributed by atoms with E-state index in [1.807, 2.05) is 10.9 Å². The Morgan fingerprint density at radius 1 is 1.39 bits per heavy atom. The van der Waals surface area contributed by atoms with Gasteiger partial charge in [-0.15, -0.1) is 5.10 Å². The molecule has 1 atom stereocenters. The van der Waals surface area contributed by atoms with E-state index in [1.165, 1.54) is 16.9 Å². The largest absolute Gasteiger partial charge is 0.385 e. The van der Waals surface area contributed by atoms with Gasteiger partial charge in [0.05, 0.1) is 11.9 Å². The van der Waals surface area contributed by atoms with Crippen LogP contribution in [0, 0.1) is 0 Å². The van der Waals surface area contributed by atoms with Crippen LogP contribution in [0.2, 0.25) is 0 Å². The maximum Gasteiger partial charge on any atom is 0.0731 e. The third-order valence-corrected chi connectivity index (χ3v) is 3.52. The Morgan fingerprint density at radius 3 is 3.17 bits per heavy atom. The minimum atomic E-state index is 0.420. The number of nitrogens with one attached hydrogen (secondary N) is 1. The zero-order chi connectivity index (χ0) is 12.4. The lowest BCUT2D eigenvalue weighted by molar-refractivity contribution is 0.532. The maximum atomic E-state index is 4.20. The highest BCUT2D eigenvalue weighted by molar-refractivity contribution is 5.56. The van der Waals surface area contributed by atoms with Crippen molar-refractivity contribution in [2.24, 2.45) is 0 Å². The predicted octanol–water partition coefficient (Wildman–Crippen LogP) is 2.64. The summed E-state index contributed by atoms with van der Waals surface area (Å²) in [4.78, 5) is 0. The van der Waals surface area contributed by atoms with Gasteiger partial charge < -0.3 is 5.32 Å². The van der Waals surface area contributed by atoms with Gasteiger partial charge in [0.2, 0.25) is 0 Å². The Hall–Kier alpha value is -1.84. The summed E-state index contributed by atoms with van der Waals surface area (Å²) in [5, 5.41) is 11.7. The number of nitrogens with zero attached hydrogens (tertiary/aromatic N) is 3. The highest BCUT2D eigenvalue weighted by atomic mass is 15.4. The zero-order valence-corrected chi connectivity index (χ0v) is 10.6. The third-order valence-electron chi connectivity index (χ3n) is 3.52. The van der Waals surface area contributed by atoms with E-state index in [9.17, 15) is 0 Å². The summed E-state index contributed by atoms with van der Waals surface area (Å²) in [6.07, 6.45) is 4.11. The minimum absolute atomic E-state index is 0.420. The number of hydrogen-bond acceptors (Lipinski definition) is 3. The minimum Gasteiger partial charge on any atom is -0.385 e. The van der Waals surface area contributed by atoms with Crippen LogP contribution in [0.15, 0.2) is 30.5 Å². The van der Waals surface area contributed by atoms with E-state index in [-0.39, 0.29) is 0 Å². The fraction of sp³-hybridized carbons (Fsp3) is 0.429. The molecular weight excluding hydrogens is 224 g/mol. The molecule has 1 aliphatic rings. The van der Waals surface area contributed by atoms with Gasteiger partial charge >= 0.3 is 0 Å².